The quantitative estimate of drug-likeness (QED) is 0.664. The predicted octanol–water partition coefficient (Wildman–Crippen LogP) is 3.79. The molecule has 0 aliphatic heterocycles. The summed E-state index contributed by atoms with van der Waals surface area (Å²) in [6.07, 6.45) is 0. The van der Waals surface area contributed by atoms with Gasteiger partial charge in [0, 0.05) is 9.50 Å². The van der Waals surface area contributed by atoms with Crippen molar-refractivity contribution in [2.75, 3.05) is 0 Å². The highest BCUT2D eigenvalue weighted by molar-refractivity contribution is 9.10. The highest BCUT2D eigenvalue weighted by Gasteiger charge is 2.16. The van der Waals surface area contributed by atoms with Crippen LogP contribution in [-0.2, 0) is 0 Å². The first-order valence-electron chi connectivity index (χ1n) is 5.28. The highest BCUT2D eigenvalue weighted by Crippen LogP contribution is 2.30. The van der Waals surface area contributed by atoms with Crippen LogP contribution in [0.4, 0.5) is 4.39 Å². The Bertz CT molecular complexity index is 562. The molecule has 0 aliphatic rings. The third-order valence-electron chi connectivity index (χ3n) is 2.62. The van der Waals surface area contributed by atoms with E-state index in [1.807, 2.05) is 6.07 Å². The van der Waals surface area contributed by atoms with Crippen molar-refractivity contribution in [3.05, 3.63) is 68.9 Å². The van der Waals surface area contributed by atoms with Gasteiger partial charge in [-0.15, -0.1) is 0 Å². The Kier molecular flexibility index (Phi) is 4.35. The second kappa shape index (κ2) is 5.80. The summed E-state index contributed by atoms with van der Waals surface area (Å²) in [5, 5.41) is 0.602. The Hall–Kier alpha value is -0.940. The first-order chi connectivity index (χ1) is 8.61. The summed E-state index contributed by atoms with van der Waals surface area (Å²) >= 11 is 9.41. The van der Waals surface area contributed by atoms with E-state index in [-0.39, 0.29) is 11.9 Å². The molecule has 2 aromatic carbocycles. The molecule has 0 bridgehead atoms. The van der Waals surface area contributed by atoms with E-state index in [9.17, 15) is 4.39 Å². The third kappa shape index (κ3) is 2.90. The van der Waals surface area contributed by atoms with E-state index in [4.69, 9.17) is 17.4 Å². The predicted molar refractivity (Wildman–Crippen MR) is 74.7 cm³/mol. The van der Waals surface area contributed by atoms with E-state index in [1.54, 1.807) is 24.3 Å². The van der Waals surface area contributed by atoms with Crippen molar-refractivity contribution in [2.45, 2.75) is 6.04 Å². The van der Waals surface area contributed by atoms with Gasteiger partial charge >= 0.3 is 0 Å². The molecule has 1 atom stereocenters. The average molecular weight is 330 g/mol. The van der Waals surface area contributed by atoms with Crippen molar-refractivity contribution < 1.29 is 4.39 Å². The van der Waals surface area contributed by atoms with Gasteiger partial charge in [0.2, 0.25) is 0 Å². The van der Waals surface area contributed by atoms with Crippen LogP contribution < -0.4 is 11.3 Å². The van der Waals surface area contributed by atoms with E-state index in [2.05, 4.69) is 21.4 Å². The summed E-state index contributed by atoms with van der Waals surface area (Å²) < 4.78 is 14.1. The lowest BCUT2D eigenvalue weighted by Gasteiger charge is -2.18. The maximum atomic E-state index is 13.3. The highest BCUT2D eigenvalue weighted by atomic mass is 79.9. The maximum absolute atomic E-state index is 13.3. The molecule has 0 fully saturated rings. The second-order valence-corrected chi connectivity index (χ2v) is 5.11. The number of hydrogen-bond donors (Lipinski definition) is 2. The van der Waals surface area contributed by atoms with Gasteiger partial charge in [0.1, 0.15) is 5.82 Å². The van der Waals surface area contributed by atoms with Crippen LogP contribution in [0.2, 0.25) is 5.02 Å². The number of benzene rings is 2. The molecular formula is C13H11BrClFN2. The minimum absolute atomic E-state index is 0.300. The summed E-state index contributed by atoms with van der Waals surface area (Å²) in [5.74, 6) is 5.27. The second-order valence-electron chi connectivity index (χ2n) is 3.82. The molecule has 0 aromatic heterocycles. The van der Waals surface area contributed by atoms with Crippen LogP contribution in [0.25, 0.3) is 0 Å². The molecule has 5 heteroatoms. The van der Waals surface area contributed by atoms with Crippen LogP contribution in [0, 0.1) is 5.82 Å². The number of hydrazine groups is 1. The lowest BCUT2D eigenvalue weighted by Crippen LogP contribution is -2.29. The summed E-state index contributed by atoms with van der Waals surface area (Å²) in [7, 11) is 0. The molecule has 0 saturated heterocycles. The van der Waals surface area contributed by atoms with Crippen LogP contribution in [-0.4, -0.2) is 0 Å². The average Bonchev–Trinajstić information content (AvgIpc) is 2.35. The van der Waals surface area contributed by atoms with Crippen LogP contribution in [0.15, 0.2) is 46.9 Å². The van der Waals surface area contributed by atoms with Gasteiger partial charge in [0.15, 0.2) is 0 Å². The van der Waals surface area contributed by atoms with Gasteiger partial charge in [-0.3, -0.25) is 5.84 Å². The van der Waals surface area contributed by atoms with Crippen LogP contribution in [0.5, 0.6) is 0 Å². The molecule has 0 spiro atoms. The monoisotopic (exact) mass is 328 g/mol. The van der Waals surface area contributed by atoms with Gasteiger partial charge in [-0.05, 0) is 41.5 Å². The first-order valence-corrected chi connectivity index (χ1v) is 6.45. The molecule has 0 saturated carbocycles. The van der Waals surface area contributed by atoms with E-state index >= 15 is 0 Å². The fourth-order valence-corrected chi connectivity index (χ4v) is 2.44. The normalized spacial score (nSPS) is 12.4. The van der Waals surface area contributed by atoms with E-state index in [0.29, 0.717) is 5.02 Å². The lowest BCUT2D eigenvalue weighted by molar-refractivity contribution is 0.604. The van der Waals surface area contributed by atoms with Gasteiger partial charge in [-0.1, -0.05) is 39.7 Å². The molecule has 0 amide bonds. The minimum atomic E-state index is -0.325. The Balaban J connectivity index is 2.48. The molecule has 2 aromatic rings. The molecule has 1 unspecified atom stereocenters. The third-order valence-corrected chi connectivity index (χ3v) is 3.57. The lowest BCUT2D eigenvalue weighted by atomic mass is 9.99. The molecule has 3 N–H and O–H groups in total. The molecule has 2 nitrogen and oxygen atoms in total. The maximum Gasteiger partial charge on any atom is 0.123 e. The van der Waals surface area contributed by atoms with Crippen molar-refractivity contribution in [1.82, 2.24) is 5.43 Å². The number of halogens is 3. The molecule has 0 aliphatic carbocycles. The standard InChI is InChI=1S/C13H11BrClFN2/c14-12-5-4-9(15)7-11(12)13(18-17)8-2-1-3-10(16)6-8/h1-7,13,18H,17H2. The number of nitrogens with one attached hydrogen (secondary N) is 1. The SMILES string of the molecule is NNC(c1cccc(F)c1)c1cc(Cl)ccc1Br. The zero-order valence-corrected chi connectivity index (χ0v) is 11.7. The van der Waals surface area contributed by atoms with E-state index < -0.39 is 0 Å². The zero-order valence-electron chi connectivity index (χ0n) is 9.33. The van der Waals surface area contributed by atoms with Gasteiger partial charge < -0.3 is 0 Å². The summed E-state index contributed by atoms with van der Waals surface area (Å²) in [4.78, 5) is 0. The number of hydrogen-bond acceptors (Lipinski definition) is 2. The Morgan fingerprint density at radius 2 is 2.00 bits per heavy atom. The van der Waals surface area contributed by atoms with Crippen molar-refractivity contribution in [2.24, 2.45) is 5.84 Å². The van der Waals surface area contributed by atoms with E-state index in [1.165, 1.54) is 12.1 Å². The Morgan fingerprint density at radius 1 is 1.22 bits per heavy atom. The first kappa shape index (κ1) is 13.5. The Labute approximate surface area is 118 Å². The molecule has 18 heavy (non-hydrogen) atoms. The molecule has 0 heterocycles. The van der Waals surface area contributed by atoms with Crippen molar-refractivity contribution >= 4 is 27.5 Å². The smallest absolute Gasteiger partial charge is 0.123 e. The minimum Gasteiger partial charge on any atom is -0.271 e. The number of rotatable bonds is 3. The zero-order chi connectivity index (χ0) is 13.1. The molecule has 0 radical (unpaired) electrons. The molecular weight excluding hydrogens is 319 g/mol. The number of nitrogens with two attached hydrogens (primary N) is 1. The Morgan fingerprint density at radius 3 is 2.67 bits per heavy atom. The van der Waals surface area contributed by atoms with Crippen molar-refractivity contribution in [3.8, 4) is 0 Å². The summed E-state index contributed by atoms with van der Waals surface area (Å²) in [6.45, 7) is 0. The fourth-order valence-electron chi connectivity index (χ4n) is 1.79. The fraction of sp³-hybridized carbons (Fsp3) is 0.0769. The van der Waals surface area contributed by atoms with Crippen molar-refractivity contribution in [1.29, 1.82) is 0 Å². The van der Waals surface area contributed by atoms with Crippen LogP contribution >= 0.6 is 27.5 Å². The van der Waals surface area contributed by atoms with Gasteiger partial charge in [-0.2, -0.15) is 0 Å². The summed E-state index contributed by atoms with van der Waals surface area (Å²) in [6, 6.07) is 11.4. The van der Waals surface area contributed by atoms with Crippen LogP contribution in [0.3, 0.4) is 0 Å². The van der Waals surface area contributed by atoms with Gasteiger partial charge in [-0.25, -0.2) is 9.82 Å². The molecule has 94 valence electrons. The summed E-state index contributed by atoms with van der Waals surface area (Å²) in [5.41, 5.74) is 4.27. The molecule has 2 rings (SSSR count). The van der Waals surface area contributed by atoms with E-state index in [0.717, 1.165) is 15.6 Å². The van der Waals surface area contributed by atoms with Crippen LogP contribution in [0.1, 0.15) is 17.2 Å². The largest absolute Gasteiger partial charge is 0.271 e. The topological polar surface area (TPSA) is 38.0 Å². The van der Waals surface area contributed by atoms with Gasteiger partial charge in [0.25, 0.3) is 0 Å². The van der Waals surface area contributed by atoms with Gasteiger partial charge in [0.05, 0.1) is 6.04 Å². The van der Waals surface area contributed by atoms with Crippen molar-refractivity contribution in [3.63, 3.8) is 0 Å².